The van der Waals surface area contributed by atoms with Crippen LogP contribution in [0.25, 0.3) is 0 Å². The highest BCUT2D eigenvalue weighted by Gasteiger charge is 2.25. The molecule has 0 bridgehead atoms. The Morgan fingerprint density at radius 2 is 2.00 bits per heavy atom. The van der Waals surface area contributed by atoms with E-state index < -0.39 is 0 Å². The molecule has 0 spiro atoms. The fraction of sp³-hybridized carbons (Fsp3) is 0.529. The van der Waals surface area contributed by atoms with Gasteiger partial charge in [-0.15, -0.1) is 0 Å². The van der Waals surface area contributed by atoms with Crippen LogP contribution in [-0.4, -0.2) is 30.5 Å². The van der Waals surface area contributed by atoms with Gasteiger partial charge in [0.15, 0.2) is 5.82 Å². The van der Waals surface area contributed by atoms with Crippen LogP contribution in [0.5, 0.6) is 5.75 Å². The Morgan fingerprint density at radius 1 is 1.26 bits per heavy atom. The Hall–Kier alpha value is -1.92. The third-order valence-electron chi connectivity index (χ3n) is 4.26. The summed E-state index contributed by atoms with van der Waals surface area (Å²) >= 11 is 0. The van der Waals surface area contributed by atoms with Crippen molar-refractivity contribution in [2.45, 2.75) is 32.4 Å². The van der Waals surface area contributed by atoms with E-state index in [-0.39, 0.29) is 6.04 Å². The van der Waals surface area contributed by atoms with E-state index in [0.29, 0.717) is 24.2 Å². The normalized spacial score (nSPS) is 17.1. The first kappa shape index (κ1) is 16.0. The second kappa shape index (κ2) is 7.57. The van der Waals surface area contributed by atoms with Gasteiger partial charge in [0.05, 0.1) is 13.7 Å². The van der Waals surface area contributed by atoms with Crippen molar-refractivity contribution in [3.8, 4) is 5.75 Å². The molecule has 1 aromatic carbocycles. The number of aryl methyl sites for hydroxylation is 1. The fourth-order valence-corrected chi connectivity index (χ4v) is 3.03. The maximum atomic E-state index is 5.50. The van der Waals surface area contributed by atoms with Crippen LogP contribution < -0.4 is 10.1 Å². The van der Waals surface area contributed by atoms with Gasteiger partial charge in [0.25, 0.3) is 0 Å². The maximum Gasteiger partial charge on any atom is 0.223 e. The number of benzene rings is 1. The topological polar surface area (TPSA) is 69.4 Å². The molecule has 6 heteroatoms. The van der Waals surface area contributed by atoms with E-state index in [9.17, 15) is 0 Å². The average Bonchev–Trinajstić information content (AvgIpc) is 3.02. The molecular weight excluding hydrogens is 294 g/mol. The minimum absolute atomic E-state index is 0.239. The molecule has 0 saturated carbocycles. The predicted molar refractivity (Wildman–Crippen MR) is 85.2 cm³/mol. The molecule has 1 fully saturated rings. The van der Waals surface area contributed by atoms with Gasteiger partial charge in [-0.3, -0.25) is 0 Å². The maximum absolute atomic E-state index is 5.50. The zero-order chi connectivity index (χ0) is 16.1. The summed E-state index contributed by atoms with van der Waals surface area (Å²) in [4.78, 5) is 4.26. The van der Waals surface area contributed by atoms with Crippen molar-refractivity contribution in [3.05, 3.63) is 41.5 Å². The number of aromatic nitrogens is 2. The van der Waals surface area contributed by atoms with E-state index in [1.54, 1.807) is 14.0 Å². The molecule has 124 valence electrons. The van der Waals surface area contributed by atoms with Crippen LogP contribution >= 0.6 is 0 Å². The number of ether oxygens (including phenoxy) is 2. The molecule has 1 aliphatic rings. The molecule has 0 radical (unpaired) electrons. The van der Waals surface area contributed by atoms with E-state index in [2.05, 4.69) is 27.6 Å². The van der Waals surface area contributed by atoms with E-state index in [1.165, 1.54) is 5.56 Å². The van der Waals surface area contributed by atoms with Crippen LogP contribution in [0.3, 0.4) is 0 Å². The largest absolute Gasteiger partial charge is 0.497 e. The average molecular weight is 317 g/mol. The summed E-state index contributed by atoms with van der Waals surface area (Å²) in [5, 5.41) is 7.55. The van der Waals surface area contributed by atoms with E-state index in [0.717, 1.165) is 31.8 Å². The van der Waals surface area contributed by atoms with Crippen molar-refractivity contribution in [1.29, 1.82) is 0 Å². The molecule has 23 heavy (non-hydrogen) atoms. The fourth-order valence-electron chi connectivity index (χ4n) is 3.03. The van der Waals surface area contributed by atoms with Crippen LogP contribution in [0.2, 0.25) is 0 Å². The van der Waals surface area contributed by atoms with Crippen molar-refractivity contribution >= 4 is 0 Å². The molecule has 0 aliphatic carbocycles. The van der Waals surface area contributed by atoms with Crippen molar-refractivity contribution in [2.75, 3.05) is 20.3 Å². The summed E-state index contributed by atoms with van der Waals surface area (Å²) in [5.41, 5.74) is 1.25. The van der Waals surface area contributed by atoms with Gasteiger partial charge in [0.2, 0.25) is 5.89 Å². The number of rotatable bonds is 6. The monoisotopic (exact) mass is 317 g/mol. The van der Waals surface area contributed by atoms with Gasteiger partial charge in [-0.2, -0.15) is 4.98 Å². The molecule has 2 heterocycles. The highest BCUT2D eigenvalue weighted by molar-refractivity contribution is 5.29. The van der Waals surface area contributed by atoms with Gasteiger partial charge in [-0.25, -0.2) is 0 Å². The molecule has 1 saturated heterocycles. The zero-order valence-corrected chi connectivity index (χ0v) is 13.6. The summed E-state index contributed by atoms with van der Waals surface area (Å²) < 4.78 is 15.8. The first-order chi connectivity index (χ1) is 11.3. The second-order valence-corrected chi connectivity index (χ2v) is 5.81. The smallest absolute Gasteiger partial charge is 0.223 e. The van der Waals surface area contributed by atoms with Crippen LogP contribution in [0.15, 0.2) is 28.8 Å². The minimum Gasteiger partial charge on any atom is -0.497 e. The van der Waals surface area contributed by atoms with Crippen molar-refractivity contribution in [1.82, 2.24) is 15.5 Å². The number of nitrogens with one attached hydrogen (secondary N) is 1. The van der Waals surface area contributed by atoms with Crippen molar-refractivity contribution in [2.24, 2.45) is 5.92 Å². The molecule has 3 rings (SSSR count). The lowest BCUT2D eigenvalue weighted by Gasteiger charge is -2.31. The molecule has 1 N–H and O–H groups in total. The highest BCUT2D eigenvalue weighted by atomic mass is 16.5. The summed E-state index contributed by atoms with van der Waals surface area (Å²) in [5.74, 6) is 2.68. The lowest BCUT2D eigenvalue weighted by molar-refractivity contribution is 0.0532. The predicted octanol–water partition coefficient (Wildman–Crippen LogP) is 2.64. The van der Waals surface area contributed by atoms with Crippen LogP contribution in [0.1, 0.15) is 36.2 Å². The van der Waals surface area contributed by atoms with Crippen molar-refractivity contribution in [3.63, 3.8) is 0 Å². The van der Waals surface area contributed by atoms with Crippen LogP contribution in [0.4, 0.5) is 0 Å². The van der Waals surface area contributed by atoms with Gasteiger partial charge in [-0.05, 0) is 36.5 Å². The van der Waals surface area contributed by atoms with Crippen molar-refractivity contribution < 1.29 is 14.0 Å². The Balaban J connectivity index is 1.74. The van der Waals surface area contributed by atoms with Gasteiger partial charge in [-0.1, -0.05) is 17.3 Å². The summed E-state index contributed by atoms with van der Waals surface area (Å²) in [6.45, 7) is 4.03. The van der Waals surface area contributed by atoms with Gasteiger partial charge < -0.3 is 19.3 Å². The standard InChI is InChI=1S/C17H23N3O3/c1-12-19-16(20-23-12)11-18-17(14-7-9-22-10-8-14)13-3-5-15(21-2)6-4-13/h3-6,14,17-18H,7-11H2,1-2H3. The zero-order valence-electron chi connectivity index (χ0n) is 13.6. The van der Waals surface area contributed by atoms with E-state index >= 15 is 0 Å². The Kier molecular flexibility index (Phi) is 5.25. The Bertz CT molecular complexity index is 606. The van der Waals surface area contributed by atoms with Crippen LogP contribution in [0, 0.1) is 12.8 Å². The van der Waals surface area contributed by atoms with E-state index in [4.69, 9.17) is 14.0 Å². The Labute approximate surface area is 136 Å². The molecule has 2 aromatic rings. The first-order valence-corrected chi connectivity index (χ1v) is 8.00. The lowest BCUT2D eigenvalue weighted by atomic mass is 9.87. The highest BCUT2D eigenvalue weighted by Crippen LogP contribution is 2.31. The Morgan fingerprint density at radius 3 is 2.61 bits per heavy atom. The number of methoxy groups -OCH3 is 1. The number of nitrogens with zero attached hydrogens (tertiary/aromatic N) is 2. The van der Waals surface area contributed by atoms with Gasteiger partial charge in [0.1, 0.15) is 5.75 Å². The SMILES string of the molecule is COc1ccc(C(NCc2noc(C)n2)C2CCOCC2)cc1. The van der Waals surface area contributed by atoms with Gasteiger partial charge >= 0.3 is 0 Å². The quantitative estimate of drug-likeness (QED) is 0.883. The van der Waals surface area contributed by atoms with Crippen LogP contribution in [-0.2, 0) is 11.3 Å². The third kappa shape index (κ3) is 4.09. The lowest BCUT2D eigenvalue weighted by Crippen LogP contribution is -2.32. The summed E-state index contributed by atoms with van der Waals surface area (Å²) in [7, 11) is 1.68. The molecule has 0 amide bonds. The first-order valence-electron chi connectivity index (χ1n) is 8.00. The summed E-state index contributed by atoms with van der Waals surface area (Å²) in [6, 6.07) is 8.48. The second-order valence-electron chi connectivity index (χ2n) is 5.81. The van der Waals surface area contributed by atoms with E-state index in [1.807, 2.05) is 12.1 Å². The molecule has 1 unspecified atom stereocenters. The number of hydrogen-bond acceptors (Lipinski definition) is 6. The molecular formula is C17H23N3O3. The third-order valence-corrected chi connectivity index (χ3v) is 4.26. The molecule has 1 aliphatic heterocycles. The number of hydrogen-bond donors (Lipinski definition) is 1. The molecule has 1 atom stereocenters. The minimum atomic E-state index is 0.239. The molecule has 6 nitrogen and oxygen atoms in total. The van der Waals surface area contributed by atoms with Gasteiger partial charge in [0, 0.05) is 26.2 Å². The molecule has 1 aromatic heterocycles. The summed E-state index contributed by atoms with van der Waals surface area (Å²) in [6.07, 6.45) is 2.10.